The molecule has 0 aromatic carbocycles. The molecule has 130 valence electrons. The Morgan fingerprint density at radius 2 is 1.00 bits per heavy atom. The molecular weight excluding hydrogens is 336 g/mol. The van der Waals surface area contributed by atoms with Gasteiger partial charge in [-0.3, -0.25) is 9.59 Å². The summed E-state index contributed by atoms with van der Waals surface area (Å²) in [5, 5.41) is 0. The van der Waals surface area contributed by atoms with E-state index in [0.717, 1.165) is 14.2 Å². The molecule has 0 aliphatic carbocycles. The van der Waals surface area contributed by atoms with Crippen LogP contribution in [0.4, 0.5) is 0 Å². The SMILES string of the molecule is COC(=O)CS(=O)(=O)CCCCCCS(=O)(=O)CC(=O)OC. The quantitative estimate of drug-likeness (QED) is 0.365. The second kappa shape index (κ2) is 9.78. The van der Waals surface area contributed by atoms with Gasteiger partial charge in [0, 0.05) is 0 Å². The van der Waals surface area contributed by atoms with Gasteiger partial charge >= 0.3 is 11.9 Å². The average molecular weight is 358 g/mol. The van der Waals surface area contributed by atoms with E-state index in [2.05, 4.69) is 9.47 Å². The Kier molecular flexibility index (Phi) is 9.26. The zero-order valence-corrected chi connectivity index (χ0v) is 14.4. The molecule has 0 radical (unpaired) electrons. The van der Waals surface area contributed by atoms with Crippen LogP contribution in [0.15, 0.2) is 0 Å². The number of methoxy groups -OCH3 is 2. The monoisotopic (exact) mass is 358 g/mol. The molecule has 0 rings (SSSR count). The van der Waals surface area contributed by atoms with Crippen LogP contribution in [0, 0.1) is 0 Å². The molecule has 0 aliphatic heterocycles. The largest absolute Gasteiger partial charge is 0.468 e. The van der Waals surface area contributed by atoms with E-state index in [1.54, 1.807) is 0 Å². The van der Waals surface area contributed by atoms with Crippen LogP contribution in [0.1, 0.15) is 25.7 Å². The van der Waals surface area contributed by atoms with Crippen LogP contribution < -0.4 is 0 Å². The van der Waals surface area contributed by atoms with Crippen molar-refractivity contribution in [3.05, 3.63) is 0 Å². The standard InChI is InChI=1S/C12H22O8S2/c1-19-11(13)9-21(15,16)7-5-3-4-6-8-22(17,18)10-12(14)20-2/h3-10H2,1-2H3. The van der Waals surface area contributed by atoms with Crippen molar-refractivity contribution in [2.24, 2.45) is 0 Å². The number of ether oxygens (including phenoxy) is 2. The second-order valence-electron chi connectivity index (χ2n) is 4.75. The van der Waals surface area contributed by atoms with Gasteiger partial charge in [0.15, 0.2) is 19.7 Å². The van der Waals surface area contributed by atoms with Gasteiger partial charge in [0.25, 0.3) is 0 Å². The molecule has 0 heterocycles. The number of rotatable bonds is 11. The molecule has 0 aliphatic rings. The molecule has 0 aromatic heterocycles. The zero-order chi connectivity index (χ0) is 17.2. The summed E-state index contributed by atoms with van der Waals surface area (Å²) < 4.78 is 54.6. The van der Waals surface area contributed by atoms with Crippen LogP contribution in [0.25, 0.3) is 0 Å². The summed E-state index contributed by atoms with van der Waals surface area (Å²) in [6, 6.07) is 0. The molecule has 0 N–H and O–H groups in total. The molecule has 0 amide bonds. The van der Waals surface area contributed by atoms with Crippen molar-refractivity contribution < 1.29 is 35.9 Å². The Morgan fingerprint density at radius 1 is 0.682 bits per heavy atom. The molecule has 0 saturated carbocycles. The van der Waals surface area contributed by atoms with Crippen LogP contribution in [-0.2, 0) is 38.7 Å². The Morgan fingerprint density at radius 3 is 1.27 bits per heavy atom. The molecule has 0 bridgehead atoms. The zero-order valence-electron chi connectivity index (χ0n) is 12.7. The first-order valence-electron chi connectivity index (χ1n) is 6.66. The van der Waals surface area contributed by atoms with Gasteiger partial charge in [-0.15, -0.1) is 0 Å². The number of hydrogen-bond acceptors (Lipinski definition) is 8. The molecule has 8 nitrogen and oxygen atoms in total. The maximum atomic E-state index is 11.5. The Labute approximate surface area is 131 Å². The summed E-state index contributed by atoms with van der Waals surface area (Å²) in [7, 11) is -4.73. The smallest absolute Gasteiger partial charge is 0.320 e. The van der Waals surface area contributed by atoms with Crippen LogP contribution >= 0.6 is 0 Å². The number of carbonyl (C=O) groups excluding carboxylic acids is 2. The number of hydrogen-bond donors (Lipinski definition) is 0. The molecule has 22 heavy (non-hydrogen) atoms. The number of sulfone groups is 2. The van der Waals surface area contributed by atoms with E-state index in [4.69, 9.17) is 0 Å². The van der Waals surface area contributed by atoms with Crippen molar-refractivity contribution in [3.8, 4) is 0 Å². The first-order valence-corrected chi connectivity index (χ1v) is 10.3. The third-order valence-electron chi connectivity index (χ3n) is 2.79. The molecule has 0 fully saturated rings. The van der Waals surface area contributed by atoms with Gasteiger partial charge in [-0.05, 0) is 12.8 Å². The molecule has 10 heteroatoms. The maximum absolute atomic E-state index is 11.5. The van der Waals surface area contributed by atoms with E-state index < -0.39 is 43.1 Å². The third kappa shape index (κ3) is 10.6. The van der Waals surface area contributed by atoms with E-state index in [9.17, 15) is 26.4 Å². The molecule has 0 unspecified atom stereocenters. The summed E-state index contributed by atoms with van der Waals surface area (Å²) in [4.78, 5) is 21.8. The first kappa shape index (κ1) is 20.8. The highest BCUT2D eigenvalue weighted by Crippen LogP contribution is 2.06. The predicted molar refractivity (Wildman–Crippen MR) is 79.8 cm³/mol. The Balaban J connectivity index is 3.91. The highest BCUT2D eigenvalue weighted by molar-refractivity contribution is 7.92. The maximum Gasteiger partial charge on any atom is 0.320 e. The van der Waals surface area contributed by atoms with Gasteiger partial charge in [-0.2, -0.15) is 0 Å². The van der Waals surface area contributed by atoms with Crippen LogP contribution in [0.5, 0.6) is 0 Å². The summed E-state index contributed by atoms with van der Waals surface area (Å²) in [5.41, 5.74) is 0. The van der Waals surface area contributed by atoms with Crippen molar-refractivity contribution in [2.75, 3.05) is 37.2 Å². The lowest BCUT2D eigenvalue weighted by molar-refractivity contribution is -0.138. The minimum absolute atomic E-state index is 0.142. The molecule has 0 atom stereocenters. The van der Waals surface area contributed by atoms with Crippen LogP contribution in [0.2, 0.25) is 0 Å². The minimum Gasteiger partial charge on any atom is -0.468 e. The molecule has 0 saturated heterocycles. The summed E-state index contributed by atoms with van der Waals surface area (Å²) in [5.74, 6) is -3.16. The Hall–Kier alpha value is -1.16. The van der Waals surface area contributed by atoms with Gasteiger partial charge in [0.2, 0.25) is 0 Å². The fourth-order valence-corrected chi connectivity index (χ4v) is 4.15. The fraction of sp³-hybridized carbons (Fsp3) is 0.833. The molecular formula is C12H22O8S2. The summed E-state index contributed by atoms with van der Waals surface area (Å²) >= 11 is 0. The van der Waals surface area contributed by atoms with Crippen molar-refractivity contribution >= 4 is 31.6 Å². The minimum atomic E-state index is -3.48. The Bertz CT molecular complexity index is 510. The highest BCUT2D eigenvalue weighted by Gasteiger charge is 2.18. The van der Waals surface area contributed by atoms with Crippen LogP contribution in [0.3, 0.4) is 0 Å². The predicted octanol–water partition coefficient (Wildman–Crippen LogP) is -0.278. The lowest BCUT2D eigenvalue weighted by Crippen LogP contribution is -2.20. The van der Waals surface area contributed by atoms with E-state index >= 15 is 0 Å². The van der Waals surface area contributed by atoms with E-state index in [0.29, 0.717) is 25.7 Å². The lowest BCUT2D eigenvalue weighted by Gasteiger charge is -2.04. The van der Waals surface area contributed by atoms with Gasteiger partial charge in [0.1, 0.15) is 11.5 Å². The lowest BCUT2D eigenvalue weighted by atomic mass is 10.2. The van der Waals surface area contributed by atoms with E-state index in [1.165, 1.54) is 0 Å². The van der Waals surface area contributed by atoms with Crippen molar-refractivity contribution in [1.29, 1.82) is 0 Å². The van der Waals surface area contributed by atoms with Crippen molar-refractivity contribution in [3.63, 3.8) is 0 Å². The van der Waals surface area contributed by atoms with Crippen LogP contribution in [-0.4, -0.2) is 66.0 Å². The number of carbonyl (C=O) groups is 2. The highest BCUT2D eigenvalue weighted by atomic mass is 32.2. The number of esters is 2. The normalized spacial score (nSPS) is 11.9. The third-order valence-corrected chi connectivity index (χ3v) is 5.96. The number of unbranched alkanes of at least 4 members (excludes halogenated alkanes) is 3. The van der Waals surface area contributed by atoms with Crippen molar-refractivity contribution in [1.82, 2.24) is 0 Å². The topological polar surface area (TPSA) is 121 Å². The fourth-order valence-electron chi connectivity index (χ4n) is 1.62. The van der Waals surface area contributed by atoms with Gasteiger partial charge in [0.05, 0.1) is 25.7 Å². The molecule has 0 spiro atoms. The molecule has 0 aromatic rings. The van der Waals surface area contributed by atoms with E-state index in [-0.39, 0.29) is 11.5 Å². The van der Waals surface area contributed by atoms with Gasteiger partial charge in [-0.1, -0.05) is 12.8 Å². The second-order valence-corrected chi connectivity index (χ2v) is 9.12. The summed E-state index contributed by atoms with van der Waals surface area (Å²) in [6.45, 7) is 0. The van der Waals surface area contributed by atoms with Gasteiger partial charge in [-0.25, -0.2) is 16.8 Å². The first-order chi connectivity index (χ1) is 10.1. The summed E-state index contributed by atoms with van der Waals surface area (Å²) in [6.07, 6.45) is 1.73. The van der Waals surface area contributed by atoms with E-state index in [1.807, 2.05) is 0 Å². The average Bonchev–Trinajstić information content (AvgIpc) is 2.41. The van der Waals surface area contributed by atoms with Crippen molar-refractivity contribution in [2.45, 2.75) is 25.7 Å². The van der Waals surface area contributed by atoms with Gasteiger partial charge < -0.3 is 9.47 Å².